The Balaban J connectivity index is 1.48. The topological polar surface area (TPSA) is 101 Å². The van der Waals surface area contributed by atoms with Crippen LogP contribution in [0.1, 0.15) is 279 Å². The fraction of sp³-hybridized carbons (Fsp3) is 0.561. The maximum Gasteiger partial charge on any atom is 0.264 e. The Morgan fingerprint density at radius 2 is 0.511 bits per heavy atom. The Bertz CT molecular complexity index is 3730. The van der Waals surface area contributed by atoms with E-state index < -0.39 is 10.1 Å². The zero-order valence-electron chi connectivity index (χ0n) is 57.3. The average Bonchev–Trinajstić information content (AvgIpc) is 1.59. The van der Waals surface area contributed by atoms with Crippen LogP contribution in [0.4, 0.5) is 0 Å². The summed E-state index contributed by atoms with van der Waals surface area (Å²) in [6.07, 6.45) is 43.1. The molecule has 8 bridgehead atoms. The number of benzene rings is 4. The summed E-state index contributed by atoms with van der Waals surface area (Å²) in [5.74, 6) is 0. The molecule has 0 atom stereocenters. The first-order valence-corrected chi connectivity index (χ1v) is 38.6. The molecule has 0 aliphatic carbocycles. The van der Waals surface area contributed by atoms with Crippen LogP contribution in [-0.2, 0) is 65.7 Å². The van der Waals surface area contributed by atoms with Gasteiger partial charge in [-0.1, -0.05) is 232 Å². The maximum absolute atomic E-state index is 12.4. The molecule has 0 saturated heterocycles. The van der Waals surface area contributed by atoms with E-state index in [0.717, 1.165) is 124 Å². The van der Waals surface area contributed by atoms with E-state index in [9.17, 15) is 8.42 Å². The van der Waals surface area contributed by atoms with Crippen LogP contribution in [0.3, 0.4) is 0 Å². The van der Waals surface area contributed by atoms with Crippen LogP contribution in [0.2, 0.25) is 0 Å². The Hall–Kier alpha value is -5.57. The molecule has 0 fully saturated rings. The summed E-state index contributed by atoms with van der Waals surface area (Å²) in [6, 6.07) is 29.5. The second-order valence-electron chi connectivity index (χ2n) is 27.1. The van der Waals surface area contributed by atoms with Gasteiger partial charge in [0.05, 0.1) is 35.6 Å². The van der Waals surface area contributed by atoms with Crippen molar-refractivity contribution in [2.75, 3.05) is 12.9 Å². The van der Waals surface area contributed by atoms with E-state index in [4.69, 9.17) is 14.2 Å². The van der Waals surface area contributed by atoms with Gasteiger partial charge >= 0.3 is 0 Å². The van der Waals surface area contributed by atoms with Crippen LogP contribution in [0, 0.1) is 0 Å². The largest absolute Gasteiger partial charge is 0.354 e. The quantitative estimate of drug-likeness (QED) is 0.0294. The van der Waals surface area contributed by atoms with Crippen molar-refractivity contribution >= 4 is 53.7 Å². The molecule has 3 aromatic heterocycles. The van der Waals surface area contributed by atoms with Gasteiger partial charge in [0.1, 0.15) is 0 Å². The summed E-state index contributed by atoms with van der Waals surface area (Å²) in [5.41, 5.74) is 24.9. The average molecular weight is 1240 g/mol. The summed E-state index contributed by atoms with van der Waals surface area (Å²) >= 11 is 0. The molecule has 90 heavy (non-hydrogen) atoms. The molecule has 7 aromatic rings. The van der Waals surface area contributed by atoms with Crippen molar-refractivity contribution < 1.29 is 12.6 Å². The van der Waals surface area contributed by atoms with Crippen molar-refractivity contribution in [3.05, 3.63) is 117 Å². The zero-order chi connectivity index (χ0) is 63.2. The lowest BCUT2D eigenvalue weighted by atomic mass is 9.88. The van der Waals surface area contributed by atoms with E-state index in [-0.39, 0.29) is 6.61 Å². The number of hydrogen-bond acceptors (Lipinski definition) is 5. The minimum absolute atomic E-state index is 0.137. The van der Waals surface area contributed by atoms with E-state index in [1.165, 1.54) is 241 Å². The van der Waals surface area contributed by atoms with Gasteiger partial charge in [-0.25, -0.2) is 9.97 Å². The highest BCUT2D eigenvalue weighted by Crippen LogP contribution is 2.47. The number of aryl methyl sites for hydroxylation is 8. The molecule has 0 amide bonds. The third kappa shape index (κ3) is 17.6. The Labute approximate surface area is 544 Å². The molecule has 4 aromatic carbocycles. The van der Waals surface area contributed by atoms with Gasteiger partial charge in [0.25, 0.3) is 10.1 Å². The number of nitrogens with one attached hydrogen (secondary N) is 2. The predicted octanol–water partition coefficient (Wildman–Crippen LogP) is 24.1. The molecular weight excluding hydrogens is 1120 g/mol. The third-order valence-corrected chi connectivity index (χ3v) is 20.3. The van der Waals surface area contributed by atoms with E-state index in [1.807, 2.05) is 0 Å². The molecule has 0 radical (unpaired) electrons. The SMILES string of the molecule is CCCCCCc1ccc(CCCCCC)c2c1-c1cc3[nH]c(cc4nc(cc5[nH]c(cc-2n1)c1c(CCCCCC)ccc(CCCOS(C)(=O)=O)c51)-c1c(CCCCCC)ccc(CCCCCC)c1-4)c1c(CCCCCC)ccc(CCCCCC)c31. The summed E-state index contributed by atoms with van der Waals surface area (Å²) in [5, 5.41) is 5.20. The minimum Gasteiger partial charge on any atom is -0.354 e. The first-order chi connectivity index (χ1) is 44.0. The molecule has 5 heterocycles. The van der Waals surface area contributed by atoms with Crippen LogP contribution in [-0.4, -0.2) is 41.2 Å². The van der Waals surface area contributed by atoms with Gasteiger partial charge in [0, 0.05) is 65.9 Å². The lowest BCUT2D eigenvalue weighted by Crippen LogP contribution is -2.05. The maximum atomic E-state index is 12.4. The molecule has 9 rings (SSSR count). The minimum atomic E-state index is -3.59. The Morgan fingerprint density at radius 3 is 0.733 bits per heavy atom. The molecule has 0 saturated carbocycles. The van der Waals surface area contributed by atoms with Crippen molar-refractivity contribution in [3.8, 4) is 45.0 Å². The van der Waals surface area contributed by atoms with E-state index in [0.29, 0.717) is 12.8 Å². The normalized spacial score (nSPS) is 12.3. The third-order valence-electron chi connectivity index (χ3n) is 19.7. The van der Waals surface area contributed by atoms with Crippen LogP contribution in [0.15, 0.2) is 72.8 Å². The molecular formula is C82H114N4O3S. The van der Waals surface area contributed by atoms with Gasteiger partial charge in [-0.2, -0.15) is 8.42 Å². The molecule has 7 nitrogen and oxygen atoms in total. The van der Waals surface area contributed by atoms with Gasteiger partial charge < -0.3 is 9.97 Å². The number of unbranched alkanes of at least 4 members (excludes halogenated alkanes) is 21. The first kappa shape index (κ1) is 68.8. The van der Waals surface area contributed by atoms with E-state index in [1.54, 1.807) is 0 Å². The van der Waals surface area contributed by atoms with Gasteiger partial charge in [-0.05, 0) is 172 Å². The van der Waals surface area contributed by atoms with Crippen molar-refractivity contribution in [1.29, 1.82) is 0 Å². The standard InChI is InChI=1S/C82H114N4O3S/c1-9-16-23-30-38-59-46-47-60(39-31-24-17-10-2)76-68-56-70-78-62(41-33-26-19-12-4)50-51-64(43-35-28-21-14-6)80(78)72(85-70)58-74-82-66(45-37-54-89-90(8,87)88)53-52-65(44-36-29-22-15-7)81(82)73(86-74)57-71-79-63(42-34-27-20-13-5)49-48-61(40-32-25-18-11-3)77(79)69(84-71)55-67(83-68)75(59)76/h46-53,55-58,83,86H,9-45,54H2,1-8H3. The van der Waals surface area contributed by atoms with Crippen LogP contribution >= 0.6 is 0 Å². The number of fused-ring (bicyclic) bond motifs is 20. The lowest BCUT2D eigenvalue weighted by Gasteiger charge is -2.14. The second kappa shape index (κ2) is 34.9. The fourth-order valence-corrected chi connectivity index (χ4v) is 15.3. The highest BCUT2D eigenvalue weighted by molar-refractivity contribution is 7.86. The fourth-order valence-electron chi connectivity index (χ4n) is 14.9. The Kier molecular flexibility index (Phi) is 26.7. The van der Waals surface area contributed by atoms with Gasteiger partial charge in [0.2, 0.25) is 0 Å². The smallest absolute Gasteiger partial charge is 0.264 e. The van der Waals surface area contributed by atoms with E-state index >= 15 is 0 Å². The summed E-state index contributed by atoms with van der Waals surface area (Å²) in [7, 11) is -3.59. The Morgan fingerprint density at radius 1 is 0.300 bits per heavy atom. The monoisotopic (exact) mass is 1230 g/mol. The lowest BCUT2D eigenvalue weighted by molar-refractivity contribution is 0.316. The number of hydrogen-bond donors (Lipinski definition) is 2. The molecule has 0 spiro atoms. The number of rotatable bonds is 40. The van der Waals surface area contributed by atoms with Crippen molar-refractivity contribution in [2.45, 2.75) is 286 Å². The second-order valence-corrected chi connectivity index (χ2v) is 28.7. The summed E-state index contributed by atoms with van der Waals surface area (Å²) in [4.78, 5) is 20.6. The highest BCUT2D eigenvalue weighted by Gasteiger charge is 2.28. The number of nitrogens with zero attached hydrogens (tertiary/aromatic N) is 2. The molecule has 0 unspecified atom stereocenters. The number of aromatic amines is 2. The molecule has 8 heteroatoms. The highest BCUT2D eigenvalue weighted by atomic mass is 32.2. The van der Waals surface area contributed by atoms with Gasteiger partial charge in [0.15, 0.2) is 0 Å². The van der Waals surface area contributed by atoms with Crippen LogP contribution in [0.5, 0.6) is 0 Å². The molecule has 2 aliphatic heterocycles. The molecule has 2 aliphatic rings. The summed E-state index contributed by atoms with van der Waals surface area (Å²) < 4.78 is 30.2. The predicted molar refractivity (Wildman–Crippen MR) is 389 cm³/mol. The van der Waals surface area contributed by atoms with Crippen LogP contribution < -0.4 is 0 Å². The van der Waals surface area contributed by atoms with Crippen molar-refractivity contribution in [1.82, 2.24) is 19.9 Å². The van der Waals surface area contributed by atoms with Crippen LogP contribution in [0.25, 0.3) is 88.6 Å². The zero-order valence-corrected chi connectivity index (χ0v) is 58.1. The van der Waals surface area contributed by atoms with Gasteiger partial charge in [-0.15, -0.1) is 0 Å². The first-order valence-electron chi connectivity index (χ1n) is 36.8. The van der Waals surface area contributed by atoms with Crippen molar-refractivity contribution in [2.24, 2.45) is 0 Å². The summed E-state index contributed by atoms with van der Waals surface area (Å²) in [6.45, 7) is 16.4. The van der Waals surface area contributed by atoms with Gasteiger partial charge in [-0.3, -0.25) is 4.18 Å². The number of aromatic nitrogens is 4. The molecule has 486 valence electrons. The van der Waals surface area contributed by atoms with E-state index in [2.05, 4.69) is 131 Å². The molecule has 2 N–H and O–H groups in total. The number of H-pyrrole nitrogens is 2. The van der Waals surface area contributed by atoms with Crippen molar-refractivity contribution in [3.63, 3.8) is 0 Å².